The van der Waals surface area contributed by atoms with Crippen molar-refractivity contribution >= 4 is 23.0 Å². The van der Waals surface area contributed by atoms with Crippen LogP contribution >= 0.6 is 11.8 Å². The van der Waals surface area contributed by atoms with Crippen molar-refractivity contribution in [1.29, 1.82) is 0 Å². The Balaban J connectivity index is 2.09. The van der Waals surface area contributed by atoms with Crippen LogP contribution in [0.4, 0.5) is 4.39 Å². The second-order valence-corrected chi connectivity index (χ2v) is 7.01. The first-order valence-corrected chi connectivity index (χ1v) is 8.42. The summed E-state index contributed by atoms with van der Waals surface area (Å²) in [5.41, 5.74) is 4.82. The molecule has 0 aromatic heterocycles. The summed E-state index contributed by atoms with van der Waals surface area (Å²) in [6, 6.07) is 6.87. The van der Waals surface area contributed by atoms with E-state index in [4.69, 9.17) is 4.84 Å². The number of fused-ring (bicyclic) bond motifs is 2. The molecule has 4 heteroatoms. The maximum absolute atomic E-state index is 13.2. The van der Waals surface area contributed by atoms with E-state index in [1.165, 1.54) is 24.0 Å². The second-order valence-electron chi connectivity index (χ2n) is 5.50. The highest BCUT2D eigenvalue weighted by molar-refractivity contribution is 8.01. The summed E-state index contributed by atoms with van der Waals surface area (Å²) in [6.07, 6.45) is 4.37. The van der Waals surface area contributed by atoms with Gasteiger partial charge in [0.2, 0.25) is 0 Å². The van der Waals surface area contributed by atoms with E-state index in [0.29, 0.717) is 10.5 Å². The lowest BCUT2D eigenvalue weighted by Gasteiger charge is -2.27. The van der Waals surface area contributed by atoms with E-state index in [1.54, 1.807) is 19.2 Å². The first kappa shape index (κ1) is 14.6. The van der Waals surface area contributed by atoms with Crippen LogP contribution in [0, 0.1) is 5.82 Å². The molecule has 2 atom stereocenters. The topological polar surface area (TPSA) is 21.6 Å². The van der Waals surface area contributed by atoms with Crippen LogP contribution in [0.2, 0.25) is 0 Å². The molecule has 1 saturated heterocycles. The molecule has 112 valence electrons. The standard InChI is InChI=1S/C17H20FNOS/c1-3-15(19-20-2)17-14(10-13-8-9-16(17)21-13)11-4-6-12(18)7-5-11/h4-7,13,16H,3,8-10H2,1-2H3. The Morgan fingerprint density at radius 2 is 2.10 bits per heavy atom. The molecule has 21 heavy (non-hydrogen) atoms. The zero-order chi connectivity index (χ0) is 14.8. The van der Waals surface area contributed by atoms with E-state index in [2.05, 4.69) is 23.8 Å². The number of oxime groups is 1. The molecular formula is C17H20FNOS. The quantitative estimate of drug-likeness (QED) is 0.596. The molecule has 2 heterocycles. The Hall–Kier alpha value is -1.29. The Labute approximate surface area is 129 Å². The predicted octanol–water partition coefficient (Wildman–Crippen LogP) is 4.66. The number of thioether (sulfide) groups is 1. The largest absolute Gasteiger partial charge is 0.399 e. The molecule has 0 amide bonds. The van der Waals surface area contributed by atoms with Crippen molar-refractivity contribution in [3.05, 3.63) is 41.2 Å². The van der Waals surface area contributed by atoms with E-state index in [9.17, 15) is 4.39 Å². The third kappa shape index (κ3) is 2.86. The predicted molar refractivity (Wildman–Crippen MR) is 87.1 cm³/mol. The van der Waals surface area contributed by atoms with Crippen LogP contribution in [-0.4, -0.2) is 23.3 Å². The summed E-state index contributed by atoms with van der Waals surface area (Å²) in [5.74, 6) is -0.185. The average Bonchev–Trinajstić information content (AvgIpc) is 2.88. The van der Waals surface area contributed by atoms with Crippen molar-refractivity contribution < 1.29 is 9.23 Å². The Morgan fingerprint density at radius 1 is 1.33 bits per heavy atom. The second kappa shape index (κ2) is 6.22. The minimum absolute atomic E-state index is 0.185. The van der Waals surface area contributed by atoms with Gasteiger partial charge in [0.25, 0.3) is 0 Å². The highest BCUT2D eigenvalue weighted by Crippen LogP contribution is 2.49. The van der Waals surface area contributed by atoms with Crippen molar-refractivity contribution in [2.45, 2.75) is 43.1 Å². The molecular weight excluding hydrogens is 285 g/mol. The lowest BCUT2D eigenvalue weighted by Crippen LogP contribution is -2.19. The maximum atomic E-state index is 13.2. The van der Waals surface area contributed by atoms with Crippen LogP contribution in [0.3, 0.4) is 0 Å². The number of nitrogens with zero attached hydrogens (tertiary/aromatic N) is 1. The van der Waals surface area contributed by atoms with E-state index in [-0.39, 0.29) is 5.82 Å². The number of halogens is 1. The lowest BCUT2D eigenvalue weighted by molar-refractivity contribution is 0.213. The van der Waals surface area contributed by atoms with Crippen molar-refractivity contribution in [2.24, 2.45) is 5.16 Å². The summed E-state index contributed by atoms with van der Waals surface area (Å²) in [4.78, 5) is 5.04. The average molecular weight is 305 g/mol. The summed E-state index contributed by atoms with van der Waals surface area (Å²) in [6.45, 7) is 2.11. The first-order chi connectivity index (χ1) is 10.2. The normalized spacial score (nSPS) is 25.4. The van der Waals surface area contributed by atoms with Crippen molar-refractivity contribution in [3.63, 3.8) is 0 Å². The van der Waals surface area contributed by atoms with Crippen LogP contribution in [0.25, 0.3) is 5.57 Å². The Kier molecular flexibility index (Phi) is 4.34. The van der Waals surface area contributed by atoms with Gasteiger partial charge in [-0.1, -0.05) is 24.2 Å². The molecule has 0 spiro atoms. The maximum Gasteiger partial charge on any atom is 0.123 e. The highest BCUT2D eigenvalue weighted by atomic mass is 32.2. The molecule has 2 aliphatic heterocycles. The fraction of sp³-hybridized carbons (Fsp3) is 0.471. The third-order valence-electron chi connectivity index (χ3n) is 4.23. The van der Waals surface area contributed by atoms with Gasteiger partial charge in [-0.25, -0.2) is 4.39 Å². The molecule has 2 aliphatic rings. The van der Waals surface area contributed by atoms with Gasteiger partial charge in [0, 0.05) is 10.5 Å². The van der Waals surface area contributed by atoms with Gasteiger partial charge in [0.15, 0.2) is 0 Å². The molecule has 3 rings (SSSR count). The molecule has 0 radical (unpaired) electrons. The molecule has 2 unspecified atom stereocenters. The molecule has 0 aliphatic carbocycles. The van der Waals surface area contributed by atoms with E-state index < -0.39 is 0 Å². The van der Waals surface area contributed by atoms with Crippen LogP contribution in [0.1, 0.15) is 38.2 Å². The number of allylic oxidation sites excluding steroid dienone is 1. The van der Waals surface area contributed by atoms with Crippen LogP contribution < -0.4 is 0 Å². The lowest BCUT2D eigenvalue weighted by atomic mass is 9.91. The molecule has 1 aromatic carbocycles. The van der Waals surface area contributed by atoms with Crippen molar-refractivity contribution in [2.75, 3.05) is 7.11 Å². The first-order valence-electron chi connectivity index (χ1n) is 7.47. The minimum atomic E-state index is -0.185. The smallest absolute Gasteiger partial charge is 0.123 e. The van der Waals surface area contributed by atoms with Gasteiger partial charge in [-0.15, -0.1) is 11.8 Å². The third-order valence-corrected chi connectivity index (χ3v) is 5.81. The summed E-state index contributed by atoms with van der Waals surface area (Å²) in [5, 5.41) is 5.45. The van der Waals surface area contributed by atoms with Crippen LogP contribution in [0.5, 0.6) is 0 Å². The van der Waals surface area contributed by atoms with E-state index >= 15 is 0 Å². The Morgan fingerprint density at radius 3 is 2.76 bits per heavy atom. The zero-order valence-corrected chi connectivity index (χ0v) is 13.3. The minimum Gasteiger partial charge on any atom is -0.399 e. The number of benzene rings is 1. The summed E-state index contributed by atoms with van der Waals surface area (Å²) < 4.78 is 13.2. The van der Waals surface area contributed by atoms with Crippen LogP contribution in [0.15, 0.2) is 35.0 Å². The van der Waals surface area contributed by atoms with Gasteiger partial charge in [-0.05, 0) is 54.5 Å². The van der Waals surface area contributed by atoms with Gasteiger partial charge in [-0.3, -0.25) is 0 Å². The number of hydrogen-bond donors (Lipinski definition) is 0. The highest BCUT2D eigenvalue weighted by Gasteiger charge is 2.37. The Bertz CT molecular complexity index is 579. The van der Waals surface area contributed by atoms with Gasteiger partial charge < -0.3 is 4.84 Å². The molecule has 0 N–H and O–H groups in total. The van der Waals surface area contributed by atoms with E-state index in [1.807, 2.05) is 12.1 Å². The van der Waals surface area contributed by atoms with Gasteiger partial charge in [-0.2, -0.15) is 0 Å². The summed E-state index contributed by atoms with van der Waals surface area (Å²) in [7, 11) is 1.60. The molecule has 1 aromatic rings. The van der Waals surface area contributed by atoms with Gasteiger partial charge >= 0.3 is 0 Å². The molecule has 0 saturated carbocycles. The molecule has 2 nitrogen and oxygen atoms in total. The molecule has 2 bridgehead atoms. The van der Waals surface area contributed by atoms with Crippen molar-refractivity contribution in [1.82, 2.24) is 0 Å². The van der Waals surface area contributed by atoms with E-state index in [0.717, 1.165) is 24.1 Å². The zero-order valence-electron chi connectivity index (χ0n) is 12.4. The number of hydrogen-bond acceptors (Lipinski definition) is 3. The van der Waals surface area contributed by atoms with Crippen LogP contribution in [-0.2, 0) is 4.84 Å². The fourth-order valence-corrected chi connectivity index (χ4v) is 4.99. The summed E-state index contributed by atoms with van der Waals surface area (Å²) >= 11 is 2.06. The van der Waals surface area contributed by atoms with Gasteiger partial charge in [0.05, 0.1) is 5.71 Å². The SMILES string of the molecule is CCC(=NOC)C1=C(c2ccc(F)cc2)CC2CCC1S2. The number of rotatable bonds is 4. The fourth-order valence-electron chi connectivity index (χ4n) is 3.30. The molecule has 1 fully saturated rings. The monoisotopic (exact) mass is 305 g/mol. The van der Waals surface area contributed by atoms with Crippen molar-refractivity contribution in [3.8, 4) is 0 Å². The van der Waals surface area contributed by atoms with Gasteiger partial charge in [0.1, 0.15) is 12.9 Å².